The summed E-state index contributed by atoms with van der Waals surface area (Å²) in [7, 11) is 0. The zero-order valence-electron chi connectivity index (χ0n) is 9.82. The molecule has 1 aromatic carbocycles. The van der Waals surface area contributed by atoms with Crippen LogP contribution in [0.4, 0.5) is 0 Å². The lowest BCUT2D eigenvalue weighted by Crippen LogP contribution is -2.20. The average Bonchev–Trinajstić information content (AvgIpc) is 2.73. The van der Waals surface area contributed by atoms with E-state index in [0.29, 0.717) is 19.4 Å². The number of rotatable bonds is 5. The van der Waals surface area contributed by atoms with E-state index in [-0.39, 0.29) is 0 Å². The van der Waals surface area contributed by atoms with Gasteiger partial charge >= 0.3 is 5.97 Å². The summed E-state index contributed by atoms with van der Waals surface area (Å²) in [5.74, 6) is -1.22. The number of halogens is 1. The molecular weight excluding hydrogens is 296 g/mol. The molecule has 96 valence electrons. The molecule has 0 fully saturated rings. The van der Waals surface area contributed by atoms with Crippen LogP contribution in [-0.2, 0) is 11.2 Å². The van der Waals surface area contributed by atoms with Crippen LogP contribution in [0.25, 0.3) is 10.9 Å². The minimum atomic E-state index is -0.790. The molecule has 0 aliphatic carbocycles. The van der Waals surface area contributed by atoms with Crippen LogP contribution in [0.1, 0.15) is 12.0 Å². The Morgan fingerprint density at radius 1 is 1.50 bits per heavy atom. The number of aromatic nitrogens is 1. The number of hydrogen-bond acceptors (Lipinski definition) is 2. The molecule has 5 heteroatoms. The van der Waals surface area contributed by atoms with E-state index in [1.54, 1.807) is 0 Å². The lowest BCUT2D eigenvalue weighted by atomic mass is 9.96. The van der Waals surface area contributed by atoms with Crippen molar-refractivity contribution >= 4 is 32.8 Å². The molecule has 2 rings (SSSR count). The zero-order valence-corrected chi connectivity index (χ0v) is 11.4. The van der Waals surface area contributed by atoms with Crippen molar-refractivity contribution in [2.45, 2.75) is 12.8 Å². The van der Waals surface area contributed by atoms with E-state index in [0.717, 1.165) is 20.9 Å². The van der Waals surface area contributed by atoms with Crippen LogP contribution in [0, 0.1) is 5.92 Å². The summed E-state index contributed by atoms with van der Waals surface area (Å²) in [6.07, 6.45) is 2.86. The first kappa shape index (κ1) is 13.1. The highest BCUT2D eigenvalue weighted by atomic mass is 79.9. The van der Waals surface area contributed by atoms with Gasteiger partial charge in [0, 0.05) is 21.6 Å². The number of aliphatic carboxylic acids is 1. The van der Waals surface area contributed by atoms with Crippen LogP contribution in [-0.4, -0.2) is 22.6 Å². The summed E-state index contributed by atoms with van der Waals surface area (Å²) in [5.41, 5.74) is 7.48. The fraction of sp³-hybridized carbons (Fsp3) is 0.308. The Balaban J connectivity index is 2.33. The number of nitrogens with one attached hydrogen (secondary N) is 1. The van der Waals surface area contributed by atoms with Crippen molar-refractivity contribution in [3.63, 3.8) is 0 Å². The van der Waals surface area contributed by atoms with E-state index < -0.39 is 11.9 Å². The Labute approximate surface area is 113 Å². The summed E-state index contributed by atoms with van der Waals surface area (Å²) < 4.78 is 0.980. The SMILES string of the molecule is NCCC(Cc1c[nH]c2cccc(Br)c12)C(=O)O. The first-order chi connectivity index (χ1) is 8.63. The van der Waals surface area contributed by atoms with E-state index in [1.165, 1.54) is 0 Å². The highest BCUT2D eigenvalue weighted by Gasteiger charge is 2.19. The highest BCUT2D eigenvalue weighted by molar-refractivity contribution is 9.10. The van der Waals surface area contributed by atoms with E-state index in [9.17, 15) is 4.79 Å². The molecule has 0 aliphatic rings. The van der Waals surface area contributed by atoms with Crippen LogP contribution >= 0.6 is 15.9 Å². The van der Waals surface area contributed by atoms with Gasteiger partial charge < -0.3 is 15.8 Å². The number of carbonyl (C=O) groups is 1. The molecule has 1 atom stereocenters. The van der Waals surface area contributed by atoms with Gasteiger partial charge in [-0.15, -0.1) is 0 Å². The van der Waals surface area contributed by atoms with Gasteiger partial charge in [-0.05, 0) is 37.1 Å². The Morgan fingerprint density at radius 2 is 2.28 bits per heavy atom. The molecule has 18 heavy (non-hydrogen) atoms. The quantitative estimate of drug-likeness (QED) is 0.794. The normalized spacial score (nSPS) is 12.8. The number of hydrogen-bond donors (Lipinski definition) is 3. The maximum Gasteiger partial charge on any atom is 0.306 e. The van der Waals surface area contributed by atoms with E-state index in [4.69, 9.17) is 10.8 Å². The Kier molecular flexibility index (Phi) is 4.04. The monoisotopic (exact) mass is 310 g/mol. The molecule has 4 nitrogen and oxygen atoms in total. The van der Waals surface area contributed by atoms with Crippen LogP contribution < -0.4 is 5.73 Å². The number of aromatic amines is 1. The number of H-pyrrole nitrogens is 1. The van der Waals surface area contributed by atoms with Gasteiger partial charge in [-0.2, -0.15) is 0 Å². The second kappa shape index (κ2) is 5.54. The van der Waals surface area contributed by atoms with Gasteiger partial charge in [-0.1, -0.05) is 22.0 Å². The van der Waals surface area contributed by atoms with Gasteiger partial charge in [-0.25, -0.2) is 0 Å². The lowest BCUT2D eigenvalue weighted by Gasteiger charge is -2.10. The predicted molar refractivity (Wildman–Crippen MR) is 74.5 cm³/mol. The zero-order chi connectivity index (χ0) is 13.1. The third-order valence-corrected chi connectivity index (χ3v) is 3.73. The van der Waals surface area contributed by atoms with Gasteiger partial charge in [-0.3, -0.25) is 4.79 Å². The van der Waals surface area contributed by atoms with Crippen molar-refractivity contribution < 1.29 is 9.90 Å². The van der Waals surface area contributed by atoms with E-state index >= 15 is 0 Å². The highest BCUT2D eigenvalue weighted by Crippen LogP contribution is 2.29. The largest absolute Gasteiger partial charge is 0.481 e. The van der Waals surface area contributed by atoms with Crippen LogP contribution in [0.15, 0.2) is 28.9 Å². The number of benzene rings is 1. The molecule has 4 N–H and O–H groups in total. The van der Waals surface area contributed by atoms with Crippen molar-refractivity contribution in [2.75, 3.05) is 6.54 Å². The van der Waals surface area contributed by atoms with Crippen LogP contribution in [0.3, 0.4) is 0 Å². The standard InChI is InChI=1S/C13H15BrN2O2/c14-10-2-1-3-11-12(10)9(7-16-11)6-8(4-5-15)13(17)18/h1-3,7-8,16H,4-6,15H2,(H,17,18). The molecular formula is C13H15BrN2O2. The van der Waals surface area contributed by atoms with Gasteiger partial charge in [0.1, 0.15) is 0 Å². The van der Waals surface area contributed by atoms with Crippen molar-refractivity contribution in [2.24, 2.45) is 11.7 Å². The fourth-order valence-electron chi connectivity index (χ4n) is 2.15. The maximum absolute atomic E-state index is 11.2. The van der Waals surface area contributed by atoms with Gasteiger partial charge in [0.05, 0.1) is 5.92 Å². The molecule has 1 aromatic heterocycles. The molecule has 1 heterocycles. The predicted octanol–water partition coefficient (Wildman–Crippen LogP) is 2.52. The van der Waals surface area contributed by atoms with Gasteiger partial charge in [0.2, 0.25) is 0 Å². The molecule has 0 saturated heterocycles. The minimum absolute atomic E-state index is 0.389. The first-order valence-electron chi connectivity index (χ1n) is 5.81. The van der Waals surface area contributed by atoms with Crippen molar-refractivity contribution in [1.29, 1.82) is 0 Å². The van der Waals surface area contributed by atoms with Gasteiger partial charge in [0.25, 0.3) is 0 Å². The Bertz CT molecular complexity index is 565. The molecule has 0 spiro atoms. The topological polar surface area (TPSA) is 79.1 Å². The molecule has 0 amide bonds. The van der Waals surface area contributed by atoms with Crippen molar-refractivity contribution in [3.05, 3.63) is 34.4 Å². The molecule has 0 bridgehead atoms. The molecule has 0 saturated carbocycles. The summed E-state index contributed by atoms with van der Waals surface area (Å²) in [4.78, 5) is 14.3. The van der Waals surface area contributed by atoms with E-state index in [1.807, 2.05) is 24.4 Å². The maximum atomic E-state index is 11.2. The lowest BCUT2D eigenvalue weighted by molar-refractivity contribution is -0.141. The molecule has 0 aliphatic heterocycles. The average molecular weight is 311 g/mol. The first-order valence-corrected chi connectivity index (χ1v) is 6.60. The molecule has 0 radical (unpaired) electrons. The van der Waals surface area contributed by atoms with Crippen LogP contribution in [0.2, 0.25) is 0 Å². The number of carboxylic acids is 1. The summed E-state index contributed by atoms with van der Waals surface area (Å²) in [5, 5.41) is 10.2. The minimum Gasteiger partial charge on any atom is -0.481 e. The smallest absolute Gasteiger partial charge is 0.306 e. The summed E-state index contributed by atoms with van der Waals surface area (Å²) >= 11 is 3.50. The number of carboxylic acid groups (broad SMARTS) is 1. The molecule has 2 aromatic rings. The third kappa shape index (κ3) is 2.57. The second-order valence-electron chi connectivity index (χ2n) is 4.29. The van der Waals surface area contributed by atoms with Crippen molar-refractivity contribution in [1.82, 2.24) is 4.98 Å². The van der Waals surface area contributed by atoms with Gasteiger partial charge in [0.15, 0.2) is 0 Å². The number of fused-ring (bicyclic) bond motifs is 1. The fourth-order valence-corrected chi connectivity index (χ4v) is 2.77. The molecule has 1 unspecified atom stereocenters. The van der Waals surface area contributed by atoms with E-state index in [2.05, 4.69) is 20.9 Å². The van der Waals surface area contributed by atoms with Crippen molar-refractivity contribution in [3.8, 4) is 0 Å². The second-order valence-corrected chi connectivity index (χ2v) is 5.15. The third-order valence-electron chi connectivity index (χ3n) is 3.07. The number of nitrogens with two attached hydrogens (primary N) is 1. The Hall–Kier alpha value is -1.33. The van der Waals surface area contributed by atoms with Crippen LogP contribution in [0.5, 0.6) is 0 Å². The summed E-state index contributed by atoms with van der Waals surface area (Å²) in [6.45, 7) is 0.389. The Morgan fingerprint density at radius 3 is 2.94 bits per heavy atom. The summed E-state index contributed by atoms with van der Waals surface area (Å²) in [6, 6.07) is 5.88.